The first kappa shape index (κ1) is 18.3. The normalized spacial score (nSPS) is 12.8. The van der Waals surface area contributed by atoms with E-state index < -0.39 is 0 Å². The van der Waals surface area contributed by atoms with E-state index in [9.17, 15) is 0 Å². The zero-order valence-corrected chi connectivity index (χ0v) is 16.0. The summed E-state index contributed by atoms with van der Waals surface area (Å²) in [5.41, 5.74) is 2.37. The zero-order valence-electron chi connectivity index (χ0n) is 15.1. The van der Waals surface area contributed by atoms with Crippen LogP contribution in [-0.4, -0.2) is 26.2 Å². The summed E-state index contributed by atoms with van der Waals surface area (Å²) >= 11 is 1.85. The number of aliphatic imine (C=N–C) groups is 1. The Balaban J connectivity index is 1.89. The Morgan fingerprint density at radius 2 is 2.04 bits per heavy atom. The number of hydrogen-bond acceptors (Lipinski definition) is 3. The van der Waals surface area contributed by atoms with Crippen molar-refractivity contribution in [1.29, 1.82) is 0 Å². The maximum absolute atomic E-state index is 5.33. The van der Waals surface area contributed by atoms with Gasteiger partial charge in [0.2, 0.25) is 0 Å². The van der Waals surface area contributed by atoms with Gasteiger partial charge in [0.25, 0.3) is 0 Å². The number of methoxy groups -OCH3 is 1. The van der Waals surface area contributed by atoms with Gasteiger partial charge in [-0.05, 0) is 56.2 Å². The van der Waals surface area contributed by atoms with E-state index in [1.807, 2.05) is 23.5 Å². The lowest BCUT2D eigenvalue weighted by atomic mass is 10.1. The zero-order chi connectivity index (χ0) is 17.5. The predicted octanol–water partition coefficient (Wildman–Crippen LogP) is 3.67. The minimum absolute atomic E-state index is 0.321. The second kappa shape index (κ2) is 8.73. The number of guanidine groups is 1. The van der Waals surface area contributed by atoms with Crippen LogP contribution in [0.2, 0.25) is 0 Å². The van der Waals surface area contributed by atoms with Crippen LogP contribution in [0.15, 0.2) is 35.3 Å². The first-order valence-corrected chi connectivity index (χ1v) is 8.99. The number of nitrogens with zero attached hydrogens (tertiary/aromatic N) is 1. The average Bonchev–Trinajstić information content (AvgIpc) is 2.95. The summed E-state index contributed by atoms with van der Waals surface area (Å²) in [4.78, 5) is 7.07. The molecule has 2 rings (SSSR count). The standard InChI is InChI=1S/C19H27N3OS/c1-13-8-16(11-17(9-13)23-5)12-21-19(20-4)22-14(2)10-18-7-6-15(3)24-18/h6-9,11,14H,10,12H2,1-5H3,(H2,20,21,22). The molecule has 0 saturated carbocycles. The third kappa shape index (κ3) is 5.57. The van der Waals surface area contributed by atoms with Crippen molar-refractivity contribution < 1.29 is 4.74 Å². The lowest BCUT2D eigenvalue weighted by Crippen LogP contribution is -2.42. The molecule has 2 N–H and O–H groups in total. The number of rotatable bonds is 6. The molecule has 0 spiro atoms. The van der Waals surface area contributed by atoms with Crippen LogP contribution in [0, 0.1) is 13.8 Å². The predicted molar refractivity (Wildman–Crippen MR) is 103 cm³/mol. The molecule has 24 heavy (non-hydrogen) atoms. The van der Waals surface area contributed by atoms with Gasteiger partial charge in [0.1, 0.15) is 5.75 Å². The van der Waals surface area contributed by atoms with Gasteiger partial charge in [-0.1, -0.05) is 6.07 Å². The van der Waals surface area contributed by atoms with Gasteiger partial charge in [-0.2, -0.15) is 0 Å². The fraction of sp³-hybridized carbons (Fsp3) is 0.421. The molecule has 1 aromatic carbocycles. The van der Waals surface area contributed by atoms with Gasteiger partial charge >= 0.3 is 0 Å². The van der Waals surface area contributed by atoms with Crippen molar-refractivity contribution in [2.45, 2.75) is 39.8 Å². The summed E-state index contributed by atoms with van der Waals surface area (Å²) in [6.07, 6.45) is 0.997. The van der Waals surface area contributed by atoms with E-state index in [1.54, 1.807) is 14.2 Å². The summed E-state index contributed by atoms with van der Waals surface area (Å²) in [6.45, 7) is 7.10. The number of hydrogen-bond donors (Lipinski definition) is 2. The fourth-order valence-corrected chi connectivity index (χ4v) is 3.62. The molecule has 0 radical (unpaired) electrons. The summed E-state index contributed by atoms with van der Waals surface area (Å²) < 4.78 is 5.33. The van der Waals surface area contributed by atoms with Crippen molar-refractivity contribution in [3.8, 4) is 5.75 Å². The molecule has 0 fully saturated rings. The molecule has 4 nitrogen and oxygen atoms in total. The SMILES string of the molecule is CN=C(NCc1cc(C)cc(OC)c1)NC(C)Cc1ccc(C)s1. The Labute approximate surface area is 149 Å². The maximum atomic E-state index is 5.33. The number of thiophene rings is 1. The van der Waals surface area contributed by atoms with E-state index in [4.69, 9.17) is 4.74 Å². The van der Waals surface area contributed by atoms with Crippen LogP contribution in [0.25, 0.3) is 0 Å². The second-order valence-electron chi connectivity index (χ2n) is 6.05. The molecule has 130 valence electrons. The maximum Gasteiger partial charge on any atom is 0.191 e. The lowest BCUT2D eigenvalue weighted by Gasteiger charge is -2.18. The molecule has 0 aliphatic carbocycles. The molecule has 1 atom stereocenters. The summed E-state index contributed by atoms with van der Waals surface area (Å²) in [5, 5.41) is 6.83. The molecule has 1 aromatic heterocycles. The van der Waals surface area contributed by atoms with Crippen molar-refractivity contribution in [2.24, 2.45) is 4.99 Å². The number of ether oxygens (including phenoxy) is 1. The molecule has 0 saturated heterocycles. The van der Waals surface area contributed by atoms with E-state index in [-0.39, 0.29) is 0 Å². The molecule has 0 aliphatic rings. The highest BCUT2D eigenvalue weighted by Gasteiger charge is 2.08. The number of aryl methyl sites for hydroxylation is 2. The Kier molecular flexibility index (Phi) is 6.67. The summed E-state index contributed by atoms with van der Waals surface area (Å²) in [6, 6.07) is 10.9. The topological polar surface area (TPSA) is 45.7 Å². The molecule has 0 bridgehead atoms. The highest BCUT2D eigenvalue weighted by atomic mass is 32.1. The summed E-state index contributed by atoms with van der Waals surface area (Å²) in [5.74, 6) is 1.70. The van der Waals surface area contributed by atoms with Crippen LogP contribution in [0.4, 0.5) is 0 Å². The third-order valence-electron chi connectivity index (χ3n) is 3.72. The first-order valence-electron chi connectivity index (χ1n) is 8.17. The fourth-order valence-electron chi connectivity index (χ4n) is 2.61. The van der Waals surface area contributed by atoms with E-state index in [0.717, 1.165) is 18.1 Å². The van der Waals surface area contributed by atoms with Crippen LogP contribution in [-0.2, 0) is 13.0 Å². The van der Waals surface area contributed by atoms with Crippen molar-refractivity contribution in [1.82, 2.24) is 10.6 Å². The van der Waals surface area contributed by atoms with Crippen LogP contribution < -0.4 is 15.4 Å². The second-order valence-corrected chi connectivity index (χ2v) is 7.42. The Hall–Kier alpha value is -2.01. The molecule has 0 amide bonds. The van der Waals surface area contributed by atoms with E-state index in [0.29, 0.717) is 12.6 Å². The average molecular weight is 346 g/mol. The van der Waals surface area contributed by atoms with Crippen LogP contribution in [0.3, 0.4) is 0 Å². The largest absolute Gasteiger partial charge is 0.497 e. The molecule has 1 unspecified atom stereocenters. The van der Waals surface area contributed by atoms with E-state index >= 15 is 0 Å². The van der Waals surface area contributed by atoms with Crippen LogP contribution >= 0.6 is 11.3 Å². The minimum atomic E-state index is 0.321. The van der Waals surface area contributed by atoms with Crippen molar-refractivity contribution >= 4 is 17.3 Å². The molecule has 1 heterocycles. The quantitative estimate of drug-likeness (QED) is 0.620. The van der Waals surface area contributed by atoms with Gasteiger partial charge in [-0.25, -0.2) is 0 Å². The highest BCUT2D eigenvalue weighted by Crippen LogP contribution is 2.17. The van der Waals surface area contributed by atoms with Gasteiger partial charge in [0.15, 0.2) is 5.96 Å². The van der Waals surface area contributed by atoms with E-state index in [2.05, 4.69) is 54.6 Å². The van der Waals surface area contributed by atoms with Gasteiger partial charge in [-0.3, -0.25) is 4.99 Å². The van der Waals surface area contributed by atoms with Crippen molar-refractivity contribution in [3.05, 3.63) is 51.2 Å². The monoisotopic (exact) mass is 345 g/mol. The molecular weight excluding hydrogens is 318 g/mol. The smallest absolute Gasteiger partial charge is 0.191 e. The van der Waals surface area contributed by atoms with Gasteiger partial charge in [0, 0.05) is 35.8 Å². The third-order valence-corrected chi connectivity index (χ3v) is 4.74. The molecule has 0 aliphatic heterocycles. The van der Waals surface area contributed by atoms with Gasteiger partial charge < -0.3 is 15.4 Å². The van der Waals surface area contributed by atoms with Gasteiger partial charge in [0.05, 0.1) is 7.11 Å². The Bertz CT molecular complexity index is 694. The van der Waals surface area contributed by atoms with Crippen molar-refractivity contribution in [3.63, 3.8) is 0 Å². The van der Waals surface area contributed by atoms with Crippen LogP contribution in [0.1, 0.15) is 27.8 Å². The summed E-state index contributed by atoms with van der Waals surface area (Å²) in [7, 11) is 3.49. The van der Waals surface area contributed by atoms with Crippen molar-refractivity contribution in [2.75, 3.05) is 14.2 Å². The lowest BCUT2D eigenvalue weighted by molar-refractivity contribution is 0.414. The number of benzene rings is 1. The minimum Gasteiger partial charge on any atom is -0.497 e. The molecular formula is C19H27N3OS. The Morgan fingerprint density at radius 1 is 1.25 bits per heavy atom. The first-order chi connectivity index (χ1) is 11.5. The molecule has 2 aromatic rings. The Morgan fingerprint density at radius 3 is 2.67 bits per heavy atom. The van der Waals surface area contributed by atoms with Crippen LogP contribution in [0.5, 0.6) is 5.75 Å². The van der Waals surface area contributed by atoms with E-state index in [1.165, 1.54) is 20.9 Å². The highest BCUT2D eigenvalue weighted by molar-refractivity contribution is 7.11. The van der Waals surface area contributed by atoms with Gasteiger partial charge in [-0.15, -0.1) is 11.3 Å². The molecule has 5 heteroatoms. The number of nitrogens with one attached hydrogen (secondary N) is 2.